The van der Waals surface area contributed by atoms with Crippen LogP contribution in [-0.2, 0) is 4.79 Å². The van der Waals surface area contributed by atoms with E-state index >= 15 is 0 Å². The van der Waals surface area contributed by atoms with Gasteiger partial charge in [-0.25, -0.2) is 4.68 Å². The van der Waals surface area contributed by atoms with E-state index in [2.05, 4.69) is 10.4 Å². The lowest BCUT2D eigenvalue weighted by molar-refractivity contribution is -0.124. The highest BCUT2D eigenvalue weighted by Crippen LogP contribution is 2.21. The minimum atomic E-state index is -0.711. The van der Waals surface area contributed by atoms with Crippen molar-refractivity contribution in [2.45, 2.75) is 19.9 Å². The largest absolute Gasteiger partial charge is 0.492 e. The van der Waals surface area contributed by atoms with Crippen LogP contribution in [0.15, 0.2) is 58.7 Å². The SMILES string of the molecule is Cc1ccc(OCCNC(=O)C(C)n2nc(-c3cccs3)ccc2=O)cc1. The molecule has 0 aliphatic rings. The number of thiophene rings is 1. The van der Waals surface area contributed by atoms with Crippen molar-refractivity contribution < 1.29 is 9.53 Å². The Bertz CT molecular complexity index is 949. The quantitative estimate of drug-likeness (QED) is 0.637. The lowest BCUT2D eigenvalue weighted by Crippen LogP contribution is -2.38. The van der Waals surface area contributed by atoms with Crippen LogP contribution in [0.3, 0.4) is 0 Å². The van der Waals surface area contributed by atoms with E-state index in [0.717, 1.165) is 16.2 Å². The zero-order chi connectivity index (χ0) is 19.2. The number of aryl methyl sites for hydroxylation is 1. The molecule has 140 valence electrons. The normalized spacial score (nSPS) is 11.8. The molecule has 2 aromatic heterocycles. The molecular formula is C20H21N3O3S. The van der Waals surface area contributed by atoms with Gasteiger partial charge in [0, 0.05) is 6.07 Å². The van der Waals surface area contributed by atoms with Crippen LogP contribution in [-0.4, -0.2) is 28.8 Å². The molecule has 7 heteroatoms. The number of benzene rings is 1. The maximum Gasteiger partial charge on any atom is 0.267 e. The van der Waals surface area contributed by atoms with Gasteiger partial charge in [-0.1, -0.05) is 23.8 Å². The zero-order valence-electron chi connectivity index (χ0n) is 15.2. The Morgan fingerprint density at radius 3 is 2.70 bits per heavy atom. The predicted octanol–water partition coefficient (Wildman–Crippen LogP) is 3.04. The van der Waals surface area contributed by atoms with Crippen LogP contribution in [0.1, 0.15) is 18.5 Å². The highest BCUT2D eigenvalue weighted by atomic mass is 32.1. The number of nitrogens with zero attached hydrogens (tertiary/aromatic N) is 2. The summed E-state index contributed by atoms with van der Waals surface area (Å²) in [5.41, 5.74) is 1.52. The molecule has 6 nitrogen and oxygen atoms in total. The number of aromatic nitrogens is 2. The molecule has 1 atom stereocenters. The monoisotopic (exact) mass is 383 g/mol. The summed E-state index contributed by atoms with van der Waals surface area (Å²) in [7, 11) is 0. The van der Waals surface area contributed by atoms with Gasteiger partial charge in [0.05, 0.1) is 11.4 Å². The number of hydrogen-bond donors (Lipinski definition) is 1. The predicted molar refractivity (Wildman–Crippen MR) is 106 cm³/mol. The van der Waals surface area contributed by atoms with Crippen LogP contribution in [0.25, 0.3) is 10.6 Å². The second-order valence-electron chi connectivity index (χ2n) is 6.11. The summed E-state index contributed by atoms with van der Waals surface area (Å²) in [4.78, 5) is 25.5. The second kappa shape index (κ2) is 8.64. The van der Waals surface area contributed by atoms with Gasteiger partial charge in [-0.2, -0.15) is 5.10 Å². The van der Waals surface area contributed by atoms with Gasteiger partial charge in [-0.3, -0.25) is 9.59 Å². The third-order valence-corrected chi connectivity index (χ3v) is 4.93. The summed E-state index contributed by atoms with van der Waals surface area (Å²) in [6.07, 6.45) is 0. The number of carbonyl (C=O) groups excluding carboxylic acids is 1. The second-order valence-corrected chi connectivity index (χ2v) is 7.05. The molecule has 3 rings (SSSR count). The average Bonchev–Trinajstić information content (AvgIpc) is 3.21. The number of nitrogens with one attached hydrogen (secondary N) is 1. The molecule has 0 spiro atoms. The number of amides is 1. The summed E-state index contributed by atoms with van der Waals surface area (Å²) in [5.74, 6) is 0.477. The van der Waals surface area contributed by atoms with Crippen molar-refractivity contribution >= 4 is 17.2 Å². The molecule has 0 saturated carbocycles. The highest BCUT2D eigenvalue weighted by Gasteiger charge is 2.17. The lowest BCUT2D eigenvalue weighted by Gasteiger charge is -2.15. The van der Waals surface area contributed by atoms with E-state index in [1.54, 1.807) is 13.0 Å². The first-order valence-electron chi connectivity index (χ1n) is 8.65. The maximum atomic E-state index is 12.4. The number of ether oxygens (including phenoxy) is 1. The van der Waals surface area contributed by atoms with Gasteiger partial charge < -0.3 is 10.1 Å². The zero-order valence-corrected chi connectivity index (χ0v) is 16.0. The maximum absolute atomic E-state index is 12.4. The fraction of sp³-hybridized carbons (Fsp3) is 0.250. The molecule has 27 heavy (non-hydrogen) atoms. The summed E-state index contributed by atoms with van der Waals surface area (Å²) >= 11 is 1.53. The Morgan fingerprint density at radius 2 is 2.00 bits per heavy atom. The van der Waals surface area contributed by atoms with Crippen LogP contribution in [0, 0.1) is 6.92 Å². The number of hydrogen-bond acceptors (Lipinski definition) is 5. The van der Waals surface area contributed by atoms with Crippen molar-refractivity contribution in [3.8, 4) is 16.3 Å². The summed E-state index contributed by atoms with van der Waals surface area (Å²) in [6, 6.07) is 14.0. The smallest absolute Gasteiger partial charge is 0.267 e. The van der Waals surface area contributed by atoms with Crippen molar-refractivity contribution in [2.24, 2.45) is 0 Å². The van der Waals surface area contributed by atoms with Crippen LogP contribution >= 0.6 is 11.3 Å². The molecule has 1 N–H and O–H groups in total. The molecular weight excluding hydrogens is 362 g/mol. The highest BCUT2D eigenvalue weighted by molar-refractivity contribution is 7.13. The van der Waals surface area contributed by atoms with Crippen molar-refractivity contribution in [2.75, 3.05) is 13.2 Å². The molecule has 1 amide bonds. The number of carbonyl (C=O) groups is 1. The molecule has 1 unspecified atom stereocenters. The minimum absolute atomic E-state index is 0.277. The van der Waals surface area contributed by atoms with Crippen molar-refractivity contribution in [3.63, 3.8) is 0 Å². The Morgan fingerprint density at radius 1 is 1.22 bits per heavy atom. The molecule has 0 bridgehead atoms. The van der Waals surface area contributed by atoms with Crippen LogP contribution in [0.5, 0.6) is 5.75 Å². The van der Waals surface area contributed by atoms with Gasteiger partial charge >= 0.3 is 0 Å². The third kappa shape index (κ3) is 4.83. The first-order valence-corrected chi connectivity index (χ1v) is 9.53. The standard InChI is InChI=1S/C20H21N3O3S/c1-14-5-7-16(8-6-14)26-12-11-21-20(25)15(2)23-19(24)10-9-17(22-23)18-4-3-13-27-18/h3-10,13,15H,11-12H2,1-2H3,(H,21,25). The van der Waals surface area contributed by atoms with E-state index in [-0.39, 0.29) is 11.5 Å². The van der Waals surface area contributed by atoms with Crippen molar-refractivity contribution in [3.05, 3.63) is 69.8 Å². The Labute approximate surface area is 161 Å². The molecule has 0 saturated heterocycles. The van der Waals surface area contributed by atoms with Crippen LogP contribution in [0.2, 0.25) is 0 Å². The first kappa shape index (κ1) is 18.8. The van der Waals surface area contributed by atoms with E-state index in [4.69, 9.17) is 4.74 Å². The average molecular weight is 383 g/mol. The van der Waals surface area contributed by atoms with Gasteiger partial charge in [-0.15, -0.1) is 11.3 Å². The summed E-state index contributed by atoms with van der Waals surface area (Å²) < 4.78 is 6.80. The molecule has 2 heterocycles. The van der Waals surface area contributed by atoms with Crippen LogP contribution < -0.4 is 15.6 Å². The lowest BCUT2D eigenvalue weighted by atomic mass is 10.2. The Kier molecular flexibility index (Phi) is 6.03. The Hall–Kier alpha value is -2.93. The van der Waals surface area contributed by atoms with Crippen LogP contribution in [0.4, 0.5) is 0 Å². The van der Waals surface area contributed by atoms with E-state index < -0.39 is 6.04 Å². The first-order chi connectivity index (χ1) is 13.0. The Balaban J connectivity index is 1.57. The fourth-order valence-corrected chi connectivity index (χ4v) is 3.19. The van der Waals surface area contributed by atoms with Gasteiger partial charge in [0.25, 0.3) is 5.56 Å². The van der Waals surface area contributed by atoms with Gasteiger partial charge in [-0.05, 0) is 43.5 Å². The summed E-state index contributed by atoms with van der Waals surface area (Å²) in [6.45, 7) is 4.35. The van der Waals surface area contributed by atoms with E-state index in [9.17, 15) is 9.59 Å². The van der Waals surface area contributed by atoms with E-state index in [1.165, 1.54) is 22.1 Å². The fourth-order valence-electron chi connectivity index (χ4n) is 2.49. The van der Waals surface area contributed by atoms with E-state index in [0.29, 0.717) is 18.8 Å². The molecule has 0 aliphatic heterocycles. The van der Waals surface area contributed by atoms with Crippen molar-refractivity contribution in [1.82, 2.24) is 15.1 Å². The molecule has 3 aromatic rings. The third-order valence-electron chi connectivity index (χ3n) is 4.04. The van der Waals surface area contributed by atoms with E-state index in [1.807, 2.05) is 48.7 Å². The minimum Gasteiger partial charge on any atom is -0.492 e. The topological polar surface area (TPSA) is 73.2 Å². The summed E-state index contributed by atoms with van der Waals surface area (Å²) in [5, 5.41) is 9.07. The molecule has 0 radical (unpaired) electrons. The van der Waals surface area contributed by atoms with Gasteiger partial charge in [0.1, 0.15) is 24.1 Å². The molecule has 0 fully saturated rings. The van der Waals surface area contributed by atoms with Gasteiger partial charge in [0.2, 0.25) is 5.91 Å². The molecule has 1 aromatic carbocycles. The van der Waals surface area contributed by atoms with Crippen molar-refractivity contribution in [1.29, 1.82) is 0 Å². The van der Waals surface area contributed by atoms with Gasteiger partial charge in [0.15, 0.2) is 0 Å². The molecule has 0 aliphatic carbocycles. The number of rotatable bonds is 7.